The van der Waals surface area contributed by atoms with Crippen molar-refractivity contribution in [2.45, 2.75) is 12.8 Å². The fourth-order valence-corrected chi connectivity index (χ4v) is 4.58. The molecule has 7 heteroatoms. The van der Waals surface area contributed by atoms with Crippen LogP contribution >= 0.6 is 0 Å². The maximum atomic E-state index is 14.4. The number of likely N-dealkylation sites (N-methyl/N-ethyl adjacent to an activating group) is 1. The number of fused-ring (bicyclic) bond motifs is 1. The summed E-state index contributed by atoms with van der Waals surface area (Å²) in [4.78, 5) is 11.2. The second-order valence-corrected chi connectivity index (χ2v) is 9.29. The van der Waals surface area contributed by atoms with Gasteiger partial charge in [-0.3, -0.25) is 9.89 Å². The summed E-state index contributed by atoms with van der Waals surface area (Å²) in [6.07, 6.45) is 5.56. The van der Waals surface area contributed by atoms with Gasteiger partial charge in [-0.2, -0.15) is 9.49 Å². The van der Waals surface area contributed by atoms with Crippen molar-refractivity contribution in [1.82, 2.24) is 20.8 Å². The van der Waals surface area contributed by atoms with Gasteiger partial charge in [-0.05, 0) is 70.9 Å². The minimum Gasteiger partial charge on any atom is -0.492 e. The van der Waals surface area contributed by atoms with Crippen molar-refractivity contribution in [3.63, 3.8) is 0 Å². The monoisotopic (exact) mass is 510 g/mol. The lowest BCUT2D eigenvalue weighted by atomic mass is 9.86. The summed E-state index contributed by atoms with van der Waals surface area (Å²) in [6.45, 7) is 1.75. The predicted molar refractivity (Wildman–Crippen MR) is 149 cm³/mol. The van der Waals surface area contributed by atoms with E-state index in [2.05, 4.69) is 57.2 Å². The molecule has 0 atom stereocenters. The van der Waals surface area contributed by atoms with Gasteiger partial charge in [0.1, 0.15) is 12.4 Å². The second kappa shape index (κ2) is 11.9. The molecule has 1 heterocycles. The third kappa shape index (κ3) is 6.01. The quantitative estimate of drug-likeness (QED) is 0.145. The molecule has 4 aromatic rings. The highest BCUT2D eigenvalue weighted by Crippen LogP contribution is 2.48. The Labute approximate surface area is 221 Å². The topological polar surface area (TPSA) is 79.0 Å². The number of hydrogen-bond donors (Lipinski definition) is 3. The van der Waals surface area contributed by atoms with Crippen LogP contribution in [0.15, 0.2) is 84.9 Å². The van der Waals surface area contributed by atoms with E-state index in [0.717, 1.165) is 35.3 Å². The number of nitrogens with zero attached hydrogens (tertiary/aromatic N) is 1. The fourth-order valence-electron chi connectivity index (χ4n) is 4.58. The molecular weight excluding hydrogens is 479 g/mol. The number of rotatable bonds is 11. The first-order valence-corrected chi connectivity index (χ1v) is 12.9. The molecule has 0 spiro atoms. The smallest absolute Gasteiger partial charge is 0.243 e. The van der Waals surface area contributed by atoms with Crippen LogP contribution in [0.5, 0.6) is 5.75 Å². The highest BCUT2D eigenvalue weighted by atomic mass is 19.1. The summed E-state index contributed by atoms with van der Waals surface area (Å²) in [5, 5.41) is 12.8. The first-order valence-electron chi connectivity index (χ1n) is 12.9. The Balaban J connectivity index is 1.39. The van der Waals surface area contributed by atoms with Crippen molar-refractivity contribution >= 4 is 28.0 Å². The number of carbonyl (C=O) groups is 1. The molecule has 0 unspecified atom stereocenters. The molecule has 1 fully saturated rings. The van der Waals surface area contributed by atoms with Gasteiger partial charge < -0.3 is 15.4 Å². The van der Waals surface area contributed by atoms with Crippen molar-refractivity contribution < 1.29 is 13.9 Å². The van der Waals surface area contributed by atoms with Crippen LogP contribution in [-0.4, -0.2) is 42.8 Å². The molecule has 0 aliphatic heterocycles. The maximum absolute atomic E-state index is 14.4. The first-order chi connectivity index (χ1) is 18.6. The lowest BCUT2D eigenvalue weighted by Gasteiger charge is -2.18. The van der Waals surface area contributed by atoms with Crippen molar-refractivity contribution in [2.24, 2.45) is 5.92 Å². The normalized spacial score (nSPS) is 14.1. The lowest BCUT2D eigenvalue weighted by Crippen LogP contribution is -2.21. The van der Waals surface area contributed by atoms with E-state index >= 15 is 0 Å². The molecule has 1 aliphatic rings. The molecule has 0 bridgehead atoms. The third-order valence-electron chi connectivity index (χ3n) is 6.60. The Morgan fingerprint density at radius 1 is 1.05 bits per heavy atom. The zero-order valence-corrected chi connectivity index (χ0v) is 21.3. The van der Waals surface area contributed by atoms with Crippen LogP contribution in [0.1, 0.15) is 29.5 Å². The molecule has 3 N–H and O–H groups in total. The van der Waals surface area contributed by atoms with E-state index in [-0.39, 0.29) is 5.91 Å². The standard InChI is InChI=1S/C31H31FN4O2/c1-33-28(37)8-5-17-34-18-19-38-25-14-11-23(12-15-25)30(24-13-16-27-26(20-24)31(32)36-35-27)29(22-9-10-22)21-6-3-2-4-7-21/h2-8,11-16,20,22,34H,9-10,17-19H2,1H3,(H,33,37)(H,35,36)/b8-5+,30-29-. The highest BCUT2D eigenvalue weighted by molar-refractivity contribution is 6.01. The summed E-state index contributed by atoms with van der Waals surface area (Å²) in [7, 11) is 1.60. The number of halogens is 1. The average molecular weight is 511 g/mol. The molecule has 3 aromatic carbocycles. The number of hydrogen-bond acceptors (Lipinski definition) is 4. The number of benzene rings is 3. The fraction of sp³-hybridized carbons (Fsp3) is 0.226. The zero-order chi connectivity index (χ0) is 26.3. The van der Waals surface area contributed by atoms with E-state index < -0.39 is 5.95 Å². The van der Waals surface area contributed by atoms with E-state index in [4.69, 9.17) is 4.74 Å². The molecule has 5 rings (SSSR count). The van der Waals surface area contributed by atoms with Gasteiger partial charge in [-0.15, -0.1) is 0 Å². The van der Waals surface area contributed by atoms with E-state index in [1.54, 1.807) is 13.1 Å². The summed E-state index contributed by atoms with van der Waals surface area (Å²) in [5.41, 5.74) is 6.22. The van der Waals surface area contributed by atoms with Crippen molar-refractivity contribution in [1.29, 1.82) is 0 Å². The average Bonchev–Trinajstić information content (AvgIpc) is 3.73. The molecule has 1 saturated carbocycles. The Hall–Kier alpha value is -4.23. The van der Waals surface area contributed by atoms with Gasteiger partial charge in [0, 0.05) is 26.2 Å². The minimum absolute atomic E-state index is 0.122. The van der Waals surface area contributed by atoms with E-state index in [1.165, 1.54) is 17.2 Å². The SMILES string of the molecule is CNC(=O)/C=C/CNCCOc1ccc(/C(=C(\c2ccccc2)C2CC2)c2ccc3n[nH]c(F)c3c2)cc1. The van der Waals surface area contributed by atoms with Crippen molar-refractivity contribution in [3.05, 3.63) is 108 Å². The molecule has 1 amide bonds. The third-order valence-corrected chi connectivity index (χ3v) is 6.60. The molecule has 0 radical (unpaired) electrons. The van der Waals surface area contributed by atoms with Gasteiger partial charge in [0.15, 0.2) is 0 Å². The summed E-state index contributed by atoms with van der Waals surface area (Å²) in [5.74, 6) is 0.704. The number of amides is 1. The van der Waals surface area contributed by atoms with Crippen LogP contribution in [0, 0.1) is 11.9 Å². The number of H-pyrrole nitrogens is 1. The minimum atomic E-state index is -0.421. The summed E-state index contributed by atoms with van der Waals surface area (Å²) < 4.78 is 20.3. The number of aromatic nitrogens is 2. The number of nitrogens with one attached hydrogen (secondary N) is 3. The molecular formula is C31H31FN4O2. The number of aromatic amines is 1. The molecule has 1 aliphatic carbocycles. The van der Waals surface area contributed by atoms with Crippen LogP contribution in [-0.2, 0) is 4.79 Å². The Morgan fingerprint density at radius 3 is 2.55 bits per heavy atom. The number of ether oxygens (including phenoxy) is 1. The Bertz CT molecular complexity index is 1450. The summed E-state index contributed by atoms with van der Waals surface area (Å²) in [6, 6.07) is 24.4. The second-order valence-electron chi connectivity index (χ2n) is 9.29. The van der Waals surface area contributed by atoms with Crippen molar-refractivity contribution in [3.8, 4) is 5.75 Å². The molecule has 38 heavy (non-hydrogen) atoms. The largest absolute Gasteiger partial charge is 0.492 e. The zero-order valence-electron chi connectivity index (χ0n) is 21.3. The van der Waals surface area contributed by atoms with Gasteiger partial charge in [0.25, 0.3) is 0 Å². The maximum Gasteiger partial charge on any atom is 0.243 e. The highest BCUT2D eigenvalue weighted by Gasteiger charge is 2.30. The van der Waals surface area contributed by atoms with Gasteiger partial charge in [0.05, 0.1) is 10.9 Å². The van der Waals surface area contributed by atoms with Crippen LogP contribution in [0.3, 0.4) is 0 Å². The lowest BCUT2D eigenvalue weighted by molar-refractivity contribution is -0.116. The predicted octanol–water partition coefficient (Wildman–Crippen LogP) is 5.34. The van der Waals surface area contributed by atoms with Crippen LogP contribution in [0.25, 0.3) is 22.0 Å². The van der Waals surface area contributed by atoms with Gasteiger partial charge in [-0.25, -0.2) is 0 Å². The Kier molecular flexibility index (Phi) is 7.95. The van der Waals surface area contributed by atoms with E-state index in [9.17, 15) is 9.18 Å². The first kappa shape index (κ1) is 25.4. The van der Waals surface area contributed by atoms with Gasteiger partial charge in [0.2, 0.25) is 11.9 Å². The molecule has 1 aromatic heterocycles. The van der Waals surface area contributed by atoms with Gasteiger partial charge in [-0.1, -0.05) is 54.6 Å². The molecule has 194 valence electrons. The van der Waals surface area contributed by atoms with Crippen molar-refractivity contribution in [2.75, 3.05) is 26.7 Å². The van der Waals surface area contributed by atoms with E-state index in [1.807, 2.05) is 36.4 Å². The summed E-state index contributed by atoms with van der Waals surface area (Å²) >= 11 is 0. The van der Waals surface area contributed by atoms with Crippen LogP contribution in [0.2, 0.25) is 0 Å². The van der Waals surface area contributed by atoms with Crippen LogP contribution < -0.4 is 15.4 Å². The van der Waals surface area contributed by atoms with E-state index in [0.29, 0.717) is 36.5 Å². The van der Waals surface area contributed by atoms with Gasteiger partial charge >= 0.3 is 0 Å². The number of allylic oxidation sites excluding steroid dienone is 1. The Morgan fingerprint density at radius 2 is 1.82 bits per heavy atom. The molecule has 0 saturated heterocycles. The van der Waals surface area contributed by atoms with Crippen LogP contribution in [0.4, 0.5) is 4.39 Å². The molecule has 6 nitrogen and oxygen atoms in total. The number of carbonyl (C=O) groups excluding carboxylic acids is 1.